The van der Waals surface area contributed by atoms with Crippen molar-refractivity contribution in [2.45, 2.75) is 26.0 Å². The van der Waals surface area contributed by atoms with E-state index >= 15 is 0 Å². The molecule has 0 saturated carbocycles. The number of ether oxygens (including phenoxy) is 2. The molecule has 1 aromatic carbocycles. The van der Waals surface area contributed by atoms with Gasteiger partial charge in [-0.15, -0.1) is 0 Å². The number of halogens is 3. The number of pyridine rings is 2. The molecule has 0 amide bonds. The summed E-state index contributed by atoms with van der Waals surface area (Å²) in [5.74, 6) is -0.332. The molecule has 35 heavy (non-hydrogen) atoms. The molecule has 1 aliphatic heterocycles. The molecule has 4 aromatic rings. The van der Waals surface area contributed by atoms with Crippen molar-refractivity contribution in [2.24, 2.45) is 0 Å². The molecule has 1 aliphatic rings. The Morgan fingerprint density at radius 3 is 2.83 bits per heavy atom. The topological polar surface area (TPSA) is 85.3 Å². The molecule has 8 nitrogen and oxygen atoms in total. The fraction of sp³-hybridized carbons (Fsp3) is 0.375. The van der Waals surface area contributed by atoms with Crippen molar-refractivity contribution < 1.29 is 13.9 Å². The number of fused-ring (bicyclic) bond motifs is 3. The molecular formula is C24H24Cl2FN5O3. The Hall–Kier alpha value is -2.72. The van der Waals surface area contributed by atoms with E-state index in [1.807, 2.05) is 0 Å². The average molecular weight is 520 g/mol. The van der Waals surface area contributed by atoms with Crippen LogP contribution < -0.4 is 10.4 Å². The zero-order valence-corrected chi connectivity index (χ0v) is 20.6. The highest BCUT2D eigenvalue weighted by atomic mass is 35.5. The Morgan fingerprint density at radius 2 is 2.03 bits per heavy atom. The SMILES string of the molecule is C[C@@H](Oc1nc2c([nH]c(=O)n2CCCN2CCOCC2)c2ncccc12)c1c(Cl)ccc(F)c1Cl. The molecule has 5 rings (SSSR count). The van der Waals surface area contributed by atoms with Crippen molar-refractivity contribution in [1.82, 2.24) is 24.4 Å². The molecule has 1 saturated heterocycles. The van der Waals surface area contributed by atoms with Gasteiger partial charge in [-0.1, -0.05) is 23.2 Å². The molecule has 3 aromatic heterocycles. The molecule has 11 heteroatoms. The molecule has 0 aliphatic carbocycles. The van der Waals surface area contributed by atoms with E-state index in [1.165, 1.54) is 12.1 Å². The van der Waals surface area contributed by atoms with Crippen LogP contribution in [0.25, 0.3) is 22.1 Å². The van der Waals surface area contributed by atoms with E-state index in [0.29, 0.717) is 34.2 Å². The van der Waals surface area contributed by atoms with Crippen LogP contribution in [-0.4, -0.2) is 57.3 Å². The van der Waals surface area contributed by atoms with Gasteiger partial charge in [0.05, 0.1) is 23.6 Å². The lowest BCUT2D eigenvalue weighted by atomic mass is 10.1. The standard InChI is InChI=1S/C24H24Cl2FN5O3/c1-14(18-16(25)5-6-17(27)19(18)26)35-23-15-4-2-7-28-20(15)21-22(30-23)32(24(33)29-21)9-3-8-31-10-12-34-13-11-31/h2,4-7,14H,3,8-13H2,1H3,(H,29,33)/t14-/m1/s1. The molecule has 0 bridgehead atoms. The summed E-state index contributed by atoms with van der Waals surface area (Å²) in [6.45, 7) is 6.28. The van der Waals surface area contributed by atoms with Crippen LogP contribution in [-0.2, 0) is 11.3 Å². The molecule has 0 radical (unpaired) electrons. The number of nitrogens with zero attached hydrogens (tertiary/aromatic N) is 4. The van der Waals surface area contributed by atoms with Gasteiger partial charge < -0.3 is 14.5 Å². The lowest BCUT2D eigenvalue weighted by Crippen LogP contribution is -2.37. The third-order valence-corrected chi connectivity index (χ3v) is 6.89. The van der Waals surface area contributed by atoms with Gasteiger partial charge in [0.1, 0.15) is 23.0 Å². The number of morpholine rings is 1. The van der Waals surface area contributed by atoms with Gasteiger partial charge in [-0.25, -0.2) is 9.18 Å². The zero-order valence-electron chi connectivity index (χ0n) is 19.1. The van der Waals surface area contributed by atoms with E-state index in [0.717, 1.165) is 39.3 Å². The summed E-state index contributed by atoms with van der Waals surface area (Å²) in [5.41, 5.74) is 1.60. The molecule has 1 fully saturated rings. The monoisotopic (exact) mass is 519 g/mol. The first-order chi connectivity index (χ1) is 16.9. The number of benzene rings is 1. The highest BCUT2D eigenvalue weighted by Crippen LogP contribution is 2.36. The summed E-state index contributed by atoms with van der Waals surface area (Å²) in [5, 5.41) is 0.793. The Kier molecular flexibility index (Phi) is 6.93. The molecular weight excluding hydrogens is 496 g/mol. The lowest BCUT2D eigenvalue weighted by molar-refractivity contribution is 0.0369. The Balaban J connectivity index is 1.50. The zero-order chi connectivity index (χ0) is 24.5. The number of aromatic nitrogens is 4. The highest BCUT2D eigenvalue weighted by molar-refractivity contribution is 6.36. The smallest absolute Gasteiger partial charge is 0.327 e. The normalized spacial score (nSPS) is 15.7. The number of nitrogens with one attached hydrogen (secondary N) is 1. The van der Waals surface area contributed by atoms with Gasteiger partial charge >= 0.3 is 5.69 Å². The van der Waals surface area contributed by atoms with Gasteiger partial charge in [-0.3, -0.25) is 14.5 Å². The number of rotatable bonds is 7. The van der Waals surface area contributed by atoms with E-state index in [2.05, 4.69) is 14.9 Å². The van der Waals surface area contributed by atoms with Gasteiger partial charge in [-0.05, 0) is 37.6 Å². The van der Waals surface area contributed by atoms with Crippen LogP contribution in [0.15, 0.2) is 35.3 Å². The fourth-order valence-electron chi connectivity index (χ4n) is 4.39. The second-order valence-corrected chi connectivity index (χ2v) is 9.21. The molecule has 4 heterocycles. The minimum Gasteiger partial charge on any atom is -0.469 e. The maximum atomic E-state index is 14.1. The maximum absolute atomic E-state index is 14.1. The van der Waals surface area contributed by atoms with Crippen LogP contribution in [0.1, 0.15) is 25.0 Å². The molecule has 0 unspecified atom stereocenters. The number of aromatic amines is 1. The maximum Gasteiger partial charge on any atom is 0.327 e. The van der Waals surface area contributed by atoms with Crippen LogP contribution in [0.4, 0.5) is 4.39 Å². The van der Waals surface area contributed by atoms with Crippen LogP contribution >= 0.6 is 23.2 Å². The Bertz CT molecular complexity index is 1430. The molecule has 0 spiro atoms. The van der Waals surface area contributed by atoms with E-state index in [9.17, 15) is 9.18 Å². The van der Waals surface area contributed by atoms with Crippen molar-refractivity contribution in [3.63, 3.8) is 0 Å². The summed E-state index contributed by atoms with van der Waals surface area (Å²) in [6.07, 6.45) is 1.71. The predicted octanol–water partition coefficient (Wildman–Crippen LogP) is 4.58. The predicted molar refractivity (Wildman–Crippen MR) is 133 cm³/mol. The molecule has 184 valence electrons. The van der Waals surface area contributed by atoms with Crippen molar-refractivity contribution in [2.75, 3.05) is 32.8 Å². The quantitative estimate of drug-likeness (QED) is 0.359. The number of H-pyrrole nitrogens is 1. The van der Waals surface area contributed by atoms with Crippen molar-refractivity contribution >= 4 is 45.3 Å². The first-order valence-corrected chi connectivity index (χ1v) is 12.2. The minimum absolute atomic E-state index is 0.102. The largest absolute Gasteiger partial charge is 0.469 e. The Morgan fingerprint density at radius 1 is 1.23 bits per heavy atom. The number of imidazole rings is 1. The second kappa shape index (κ2) is 10.1. The van der Waals surface area contributed by atoms with Crippen LogP contribution in [0.3, 0.4) is 0 Å². The van der Waals surface area contributed by atoms with Crippen LogP contribution in [0, 0.1) is 5.82 Å². The summed E-state index contributed by atoms with van der Waals surface area (Å²) in [6, 6.07) is 6.21. The van der Waals surface area contributed by atoms with E-state index in [-0.39, 0.29) is 21.6 Å². The van der Waals surface area contributed by atoms with Crippen molar-refractivity contribution in [3.8, 4) is 5.88 Å². The Labute approximate surface area is 210 Å². The third kappa shape index (κ3) is 4.73. The van der Waals surface area contributed by atoms with Gasteiger partial charge in [-0.2, -0.15) is 4.98 Å². The summed E-state index contributed by atoms with van der Waals surface area (Å²) >= 11 is 12.5. The van der Waals surface area contributed by atoms with Crippen LogP contribution in [0.5, 0.6) is 5.88 Å². The molecule has 1 N–H and O–H groups in total. The first-order valence-electron chi connectivity index (χ1n) is 11.4. The first kappa shape index (κ1) is 24.0. The lowest BCUT2D eigenvalue weighted by Gasteiger charge is -2.26. The molecule has 1 atom stereocenters. The number of hydrogen-bond acceptors (Lipinski definition) is 6. The van der Waals surface area contributed by atoms with Gasteiger partial charge in [0.15, 0.2) is 5.65 Å². The summed E-state index contributed by atoms with van der Waals surface area (Å²) < 4.78 is 27.3. The van der Waals surface area contributed by atoms with Crippen molar-refractivity contribution in [3.05, 3.63) is 62.4 Å². The number of hydrogen-bond donors (Lipinski definition) is 1. The van der Waals surface area contributed by atoms with Gasteiger partial charge in [0.2, 0.25) is 5.88 Å². The van der Waals surface area contributed by atoms with Crippen LogP contribution in [0.2, 0.25) is 10.0 Å². The minimum atomic E-state index is -0.709. The van der Waals surface area contributed by atoms with E-state index in [1.54, 1.807) is 29.8 Å². The second-order valence-electron chi connectivity index (χ2n) is 8.42. The highest BCUT2D eigenvalue weighted by Gasteiger charge is 2.22. The fourth-order valence-corrected chi connectivity index (χ4v) is 5.07. The van der Waals surface area contributed by atoms with Crippen molar-refractivity contribution in [1.29, 1.82) is 0 Å². The van der Waals surface area contributed by atoms with Gasteiger partial charge in [0.25, 0.3) is 0 Å². The third-order valence-electron chi connectivity index (χ3n) is 6.17. The summed E-state index contributed by atoms with van der Waals surface area (Å²) in [7, 11) is 0. The summed E-state index contributed by atoms with van der Waals surface area (Å²) in [4.78, 5) is 27.2. The number of aryl methyl sites for hydroxylation is 1. The van der Waals surface area contributed by atoms with E-state index in [4.69, 9.17) is 37.7 Å². The van der Waals surface area contributed by atoms with Gasteiger partial charge in [0, 0.05) is 43.0 Å². The van der Waals surface area contributed by atoms with E-state index < -0.39 is 11.9 Å². The average Bonchev–Trinajstić information content (AvgIpc) is 3.18.